The normalized spacial score (nSPS) is 11.1. The van der Waals surface area contributed by atoms with Crippen LogP contribution in [0.4, 0.5) is 8.78 Å². The van der Waals surface area contributed by atoms with Crippen LogP contribution in [-0.4, -0.2) is 0 Å². The lowest BCUT2D eigenvalue weighted by molar-refractivity contribution is 0.506. The fourth-order valence-corrected chi connectivity index (χ4v) is 0.983. The first-order chi connectivity index (χ1) is 6.16. The molecule has 0 aliphatic rings. The summed E-state index contributed by atoms with van der Waals surface area (Å²) in [5.41, 5.74) is 0.543. The Bertz CT molecular complexity index is 388. The molecule has 1 aromatic carbocycles. The van der Waals surface area contributed by atoms with Gasteiger partial charge < -0.3 is 0 Å². The van der Waals surface area contributed by atoms with Crippen molar-refractivity contribution in [3.63, 3.8) is 0 Å². The molecular weight excluding hydrogens is 172 g/mol. The maximum Gasteiger partial charge on any atom is 0.166 e. The van der Waals surface area contributed by atoms with Crippen molar-refractivity contribution in [1.29, 1.82) is 5.26 Å². The summed E-state index contributed by atoms with van der Waals surface area (Å²) in [5, 5.41) is 8.32. The van der Waals surface area contributed by atoms with E-state index >= 15 is 0 Å². The van der Waals surface area contributed by atoms with Crippen LogP contribution in [0.2, 0.25) is 0 Å². The van der Waals surface area contributed by atoms with Crippen LogP contribution in [0.3, 0.4) is 0 Å². The molecule has 13 heavy (non-hydrogen) atoms. The van der Waals surface area contributed by atoms with Gasteiger partial charge in [0.25, 0.3) is 0 Å². The van der Waals surface area contributed by atoms with Crippen LogP contribution in [0.15, 0.2) is 24.3 Å². The Balaban J connectivity index is 3.25. The van der Waals surface area contributed by atoms with Crippen molar-refractivity contribution in [2.24, 2.45) is 0 Å². The third-order valence-electron chi connectivity index (χ3n) is 1.66. The van der Waals surface area contributed by atoms with E-state index in [1.54, 1.807) is 13.0 Å². The van der Waals surface area contributed by atoms with Crippen molar-refractivity contribution < 1.29 is 8.78 Å². The zero-order chi connectivity index (χ0) is 9.84. The summed E-state index contributed by atoms with van der Waals surface area (Å²) in [5.74, 6) is -1.81. The van der Waals surface area contributed by atoms with Crippen molar-refractivity contribution in [3.05, 3.63) is 41.5 Å². The lowest BCUT2D eigenvalue weighted by Gasteiger charge is -2.01. The number of allylic oxidation sites excluding steroid dienone is 2. The van der Waals surface area contributed by atoms with E-state index in [1.807, 2.05) is 0 Å². The third-order valence-corrected chi connectivity index (χ3v) is 1.66. The molecule has 0 fully saturated rings. The molecule has 0 aliphatic heterocycles. The fourth-order valence-electron chi connectivity index (χ4n) is 0.983. The summed E-state index contributed by atoms with van der Waals surface area (Å²) in [7, 11) is 0. The van der Waals surface area contributed by atoms with Gasteiger partial charge >= 0.3 is 0 Å². The average Bonchev–Trinajstić information content (AvgIpc) is 2.10. The molecule has 1 aromatic rings. The van der Waals surface area contributed by atoms with Crippen LogP contribution in [0, 0.1) is 23.0 Å². The van der Waals surface area contributed by atoms with E-state index in [9.17, 15) is 8.78 Å². The highest BCUT2D eigenvalue weighted by molar-refractivity contribution is 5.66. The number of nitriles is 1. The molecule has 1 nitrogen and oxygen atoms in total. The standard InChI is InChI=1S/C10H7F2N/c1-7(5-6-13)8-3-2-4-9(11)10(8)12/h2-5H,1H3/b7-5+. The smallest absolute Gasteiger partial charge is 0.166 e. The van der Waals surface area contributed by atoms with Crippen LogP contribution in [0.5, 0.6) is 0 Å². The van der Waals surface area contributed by atoms with Crippen molar-refractivity contribution in [2.45, 2.75) is 6.92 Å². The summed E-state index contributed by atoms with van der Waals surface area (Å²) in [6, 6.07) is 5.64. The van der Waals surface area contributed by atoms with Crippen LogP contribution < -0.4 is 0 Å². The zero-order valence-corrected chi connectivity index (χ0v) is 7.01. The summed E-state index contributed by atoms with van der Waals surface area (Å²) in [4.78, 5) is 0. The van der Waals surface area contributed by atoms with Gasteiger partial charge in [-0.05, 0) is 18.6 Å². The van der Waals surface area contributed by atoms with Crippen molar-refractivity contribution in [1.82, 2.24) is 0 Å². The van der Waals surface area contributed by atoms with Gasteiger partial charge in [0.05, 0.1) is 6.07 Å². The second-order valence-electron chi connectivity index (χ2n) is 2.56. The predicted molar refractivity (Wildman–Crippen MR) is 45.6 cm³/mol. The minimum atomic E-state index is -0.911. The Morgan fingerprint density at radius 2 is 2.15 bits per heavy atom. The quantitative estimate of drug-likeness (QED) is 0.608. The molecule has 1 rings (SSSR count). The maximum absolute atomic E-state index is 13.1. The maximum atomic E-state index is 13.1. The van der Waals surface area contributed by atoms with Crippen LogP contribution >= 0.6 is 0 Å². The second kappa shape index (κ2) is 3.81. The highest BCUT2D eigenvalue weighted by Crippen LogP contribution is 2.19. The largest absolute Gasteiger partial charge is 0.204 e. The SMILES string of the molecule is C/C(=C\C#N)c1cccc(F)c1F. The van der Waals surface area contributed by atoms with Crippen molar-refractivity contribution in [3.8, 4) is 6.07 Å². The van der Waals surface area contributed by atoms with Gasteiger partial charge in [-0.25, -0.2) is 8.78 Å². The first-order valence-corrected chi connectivity index (χ1v) is 3.67. The molecule has 0 atom stereocenters. The van der Waals surface area contributed by atoms with E-state index < -0.39 is 11.6 Å². The Morgan fingerprint density at radius 3 is 2.77 bits per heavy atom. The first-order valence-electron chi connectivity index (χ1n) is 3.67. The number of hydrogen-bond acceptors (Lipinski definition) is 1. The van der Waals surface area contributed by atoms with E-state index in [-0.39, 0.29) is 5.56 Å². The molecule has 0 aliphatic carbocycles. The predicted octanol–water partition coefficient (Wildman–Crippen LogP) is 2.89. The molecule has 66 valence electrons. The first kappa shape index (κ1) is 9.40. The molecule has 0 aromatic heterocycles. The van der Waals surface area contributed by atoms with Crippen molar-refractivity contribution in [2.75, 3.05) is 0 Å². The molecule has 0 spiro atoms. The molecule has 0 heterocycles. The van der Waals surface area contributed by atoms with Gasteiger partial charge in [0.2, 0.25) is 0 Å². The topological polar surface area (TPSA) is 23.8 Å². The third kappa shape index (κ3) is 1.91. The van der Waals surface area contributed by atoms with Gasteiger partial charge in [0.1, 0.15) is 0 Å². The zero-order valence-electron chi connectivity index (χ0n) is 7.01. The number of nitrogens with zero attached hydrogens (tertiary/aromatic N) is 1. The van der Waals surface area contributed by atoms with Gasteiger partial charge in [-0.2, -0.15) is 5.26 Å². The van der Waals surface area contributed by atoms with Gasteiger partial charge in [0, 0.05) is 11.6 Å². The number of halogens is 2. The Labute approximate surface area is 74.9 Å². The number of hydrogen-bond donors (Lipinski definition) is 0. The molecular formula is C10H7F2N. The van der Waals surface area contributed by atoms with Gasteiger partial charge in [-0.3, -0.25) is 0 Å². The van der Waals surface area contributed by atoms with Crippen LogP contribution in [-0.2, 0) is 0 Å². The monoisotopic (exact) mass is 179 g/mol. The summed E-state index contributed by atoms with van der Waals surface area (Å²) >= 11 is 0. The molecule has 0 radical (unpaired) electrons. The highest BCUT2D eigenvalue weighted by atomic mass is 19.2. The highest BCUT2D eigenvalue weighted by Gasteiger charge is 2.07. The molecule has 3 heteroatoms. The molecule has 0 N–H and O–H groups in total. The van der Waals surface area contributed by atoms with E-state index in [1.165, 1.54) is 18.2 Å². The van der Waals surface area contributed by atoms with Gasteiger partial charge in [-0.15, -0.1) is 0 Å². The lowest BCUT2D eigenvalue weighted by Crippen LogP contribution is -1.90. The fraction of sp³-hybridized carbons (Fsp3) is 0.100. The van der Waals surface area contributed by atoms with Gasteiger partial charge in [-0.1, -0.05) is 12.1 Å². The molecule has 0 bridgehead atoms. The van der Waals surface area contributed by atoms with E-state index in [4.69, 9.17) is 5.26 Å². The average molecular weight is 179 g/mol. The van der Waals surface area contributed by atoms with E-state index in [0.717, 1.165) is 6.07 Å². The Morgan fingerprint density at radius 1 is 1.46 bits per heavy atom. The Kier molecular flexibility index (Phi) is 2.76. The minimum Gasteiger partial charge on any atom is -0.204 e. The molecule has 0 saturated heterocycles. The number of rotatable bonds is 1. The van der Waals surface area contributed by atoms with Crippen LogP contribution in [0.25, 0.3) is 5.57 Å². The van der Waals surface area contributed by atoms with Crippen molar-refractivity contribution >= 4 is 5.57 Å². The second-order valence-corrected chi connectivity index (χ2v) is 2.56. The lowest BCUT2D eigenvalue weighted by atomic mass is 10.1. The minimum absolute atomic E-state index is 0.126. The van der Waals surface area contributed by atoms with E-state index in [2.05, 4.69) is 0 Å². The summed E-state index contributed by atoms with van der Waals surface area (Å²) < 4.78 is 25.7. The molecule has 0 saturated carbocycles. The van der Waals surface area contributed by atoms with Crippen LogP contribution in [0.1, 0.15) is 12.5 Å². The summed E-state index contributed by atoms with van der Waals surface area (Å²) in [6.45, 7) is 1.56. The number of benzene rings is 1. The molecule has 0 unspecified atom stereocenters. The Hall–Kier alpha value is -1.69. The molecule has 0 amide bonds. The van der Waals surface area contributed by atoms with E-state index in [0.29, 0.717) is 5.57 Å². The summed E-state index contributed by atoms with van der Waals surface area (Å²) in [6.07, 6.45) is 1.18. The van der Waals surface area contributed by atoms with Gasteiger partial charge in [0.15, 0.2) is 11.6 Å².